The minimum Gasteiger partial charge on any atom is -0.481 e. The molecular weight excluding hydrogens is 304 g/mol. The Morgan fingerprint density at radius 2 is 2.04 bits per heavy atom. The number of rotatable bonds is 4. The van der Waals surface area contributed by atoms with Gasteiger partial charge in [0.25, 0.3) is 5.91 Å². The van der Waals surface area contributed by atoms with Crippen molar-refractivity contribution in [3.05, 3.63) is 53.7 Å². The van der Waals surface area contributed by atoms with Gasteiger partial charge in [-0.05, 0) is 56.3 Å². The molecule has 0 aliphatic carbocycles. The molecule has 1 amide bonds. The summed E-state index contributed by atoms with van der Waals surface area (Å²) in [6.07, 6.45) is -0.672. The summed E-state index contributed by atoms with van der Waals surface area (Å²) in [7, 11) is 0. The Labute approximate surface area is 139 Å². The monoisotopic (exact) mass is 320 g/mol. The molecule has 0 fully saturated rings. The number of nitrogens with zero attached hydrogens (tertiary/aromatic N) is 2. The molecule has 2 aromatic carbocycles. The number of amides is 1. The molecule has 6 nitrogen and oxygen atoms in total. The molecule has 3 aromatic rings. The Kier molecular flexibility index (Phi) is 4.17. The highest BCUT2D eigenvalue weighted by Crippen LogP contribution is 2.20. The Bertz CT molecular complexity index is 922. The molecule has 0 aliphatic heterocycles. The average Bonchev–Trinajstić information content (AvgIpc) is 2.96. The molecular formula is C18H16N4O2. The van der Waals surface area contributed by atoms with E-state index < -0.39 is 6.10 Å². The first-order valence-electron chi connectivity index (χ1n) is 7.49. The third-order valence-electron chi connectivity index (χ3n) is 3.68. The van der Waals surface area contributed by atoms with Gasteiger partial charge in [0.15, 0.2) is 6.10 Å². The van der Waals surface area contributed by atoms with Crippen LogP contribution >= 0.6 is 0 Å². The van der Waals surface area contributed by atoms with Crippen LogP contribution in [0.5, 0.6) is 5.75 Å². The van der Waals surface area contributed by atoms with Crippen LogP contribution in [0.1, 0.15) is 18.2 Å². The summed E-state index contributed by atoms with van der Waals surface area (Å²) in [5, 5.41) is 19.7. The zero-order chi connectivity index (χ0) is 17.1. The predicted molar refractivity (Wildman–Crippen MR) is 90.7 cm³/mol. The predicted octanol–water partition coefficient (Wildman–Crippen LogP) is 3.15. The van der Waals surface area contributed by atoms with Crippen LogP contribution in [0.25, 0.3) is 10.9 Å². The van der Waals surface area contributed by atoms with Crippen LogP contribution in [0.4, 0.5) is 5.69 Å². The van der Waals surface area contributed by atoms with E-state index in [0.29, 0.717) is 17.0 Å². The van der Waals surface area contributed by atoms with Crippen molar-refractivity contribution in [1.82, 2.24) is 10.2 Å². The summed E-state index contributed by atoms with van der Waals surface area (Å²) in [6, 6.07) is 14.2. The fraction of sp³-hybridized carbons (Fsp3) is 0.167. The lowest BCUT2D eigenvalue weighted by Crippen LogP contribution is -2.30. The summed E-state index contributed by atoms with van der Waals surface area (Å²) >= 11 is 0. The number of nitriles is 1. The number of hydrogen-bond donors (Lipinski definition) is 2. The van der Waals surface area contributed by atoms with Gasteiger partial charge in [-0.3, -0.25) is 9.89 Å². The quantitative estimate of drug-likeness (QED) is 0.772. The van der Waals surface area contributed by atoms with E-state index in [0.717, 1.165) is 16.6 Å². The van der Waals surface area contributed by atoms with Gasteiger partial charge < -0.3 is 10.1 Å². The molecule has 6 heteroatoms. The number of benzene rings is 2. The van der Waals surface area contributed by atoms with Gasteiger partial charge in [-0.25, -0.2) is 0 Å². The van der Waals surface area contributed by atoms with Gasteiger partial charge in [0.05, 0.1) is 17.1 Å². The normalized spacial score (nSPS) is 11.7. The lowest BCUT2D eigenvalue weighted by molar-refractivity contribution is -0.122. The van der Waals surface area contributed by atoms with E-state index in [2.05, 4.69) is 15.5 Å². The van der Waals surface area contributed by atoms with E-state index in [4.69, 9.17) is 10.00 Å². The molecule has 0 aliphatic rings. The maximum Gasteiger partial charge on any atom is 0.265 e. The van der Waals surface area contributed by atoms with Crippen LogP contribution in [-0.2, 0) is 4.79 Å². The lowest BCUT2D eigenvalue weighted by atomic mass is 10.2. The third kappa shape index (κ3) is 3.20. The number of anilines is 1. The number of nitrogens with one attached hydrogen (secondary N) is 2. The highest BCUT2D eigenvalue weighted by atomic mass is 16.5. The van der Waals surface area contributed by atoms with Crippen molar-refractivity contribution >= 4 is 22.5 Å². The van der Waals surface area contributed by atoms with Gasteiger partial charge in [-0.1, -0.05) is 0 Å². The standard InChI is InChI=1S/C18H16N4O2/c1-11-16-8-5-14(9-17(16)22-21-11)20-18(23)12(2)24-15-6-3-13(10-19)4-7-15/h3-9,12H,1-2H3,(H,20,23)(H,21,22)/t12-/m1/s1. The van der Waals surface area contributed by atoms with Crippen LogP contribution in [0.2, 0.25) is 0 Å². The maximum atomic E-state index is 12.3. The fourth-order valence-electron chi connectivity index (χ4n) is 2.33. The second-order valence-corrected chi connectivity index (χ2v) is 5.47. The molecule has 2 N–H and O–H groups in total. The number of aryl methyl sites for hydroxylation is 1. The number of aromatic nitrogens is 2. The fourth-order valence-corrected chi connectivity index (χ4v) is 2.33. The molecule has 0 unspecified atom stereocenters. The maximum absolute atomic E-state index is 12.3. The second kappa shape index (κ2) is 6.42. The number of ether oxygens (including phenoxy) is 1. The smallest absolute Gasteiger partial charge is 0.265 e. The molecule has 0 saturated carbocycles. The van der Waals surface area contributed by atoms with E-state index >= 15 is 0 Å². The number of fused-ring (bicyclic) bond motifs is 1. The number of aromatic amines is 1. The summed E-state index contributed by atoms with van der Waals surface area (Å²) < 4.78 is 5.60. The molecule has 1 heterocycles. The van der Waals surface area contributed by atoms with Crippen molar-refractivity contribution in [2.24, 2.45) is 0 Å². The topological polar surface area (TPSA) is 90.8 Å². The SMILES string of the molecule is Cc1[nH]nc2cc(NC(=O)[C@@H](C)Oc3ccc(C#N)cc3)ccc12. The molecule has 0 saturated heterocycles. The van der Waals surface area contributed by atoms with E-state index in [9.17, 15) is 4.79 Å². The zero-order valence-corrected chi connectivity index (χ0v) is 13.3. The Hall–Kier alpha value is -3.33. The van der Waals surface area contributed by atoms with Crippen LogP contribution in [0.15, 0.2) is 42.5 Å². The summed E-state index contributed by atoms with van der Waals surface area (Å²) in [5.74, 6) is 0.279. The van der Waals surface area contributed by atoms with E-state index in [1.54, 1.807) is 31.2 Å². The highest BCUT2D eigenvalue weighted by Gasteiger charge is 2.15. The van der Waals surface area contributed by atoms with Gasteiger partial charge in [-0.2, -0.15) is 10.4 Å². The van der Waals surface area contributed by atoms with Gasteiger partial charge >= 0.3 is 0 Å². The molecule has 0 spiro atoms. The summed E-state index contributed by atoms with van der Waals surface area (Å²) in [4.78, 5) is 12.3. The number of carbonyl (C=O) groups is 1. The van der Waals surface area contributed by atoms with Crippen LogP contribution in [-0.4, -0.2) is 22.2 Å². The Morgan fingerprint density at radius 3 is 2.75 bits per heavy atom. The van der Waals surface area contributed by atoms with Gasteiger partial charge in [0, 0.05) is 16.8 Å². The van der Waals surface area contributed by atoms with Crippen molar-refractivity contribution in [3.63, 3.8) is 0 Å². The molecule has 24 heavy (non-hydrogen) atoms. The first-order valence-corrected chi connectivity index (χ1v) is 7.49. The second-order valence-electron chi connectivity index (χ2n) is 5.47. The van der Waals surface area contributed by atoms with Crippen molar-refractivity contribution in [2.45, 2.75) is 20.0 Å². The van der Waals surface area contributed by atoms with E-state index in [1.165, 1.54) is 0 Å². The number of H-pyrrole nitrogens is 1. The first kappa shape index (κ1) is 15.6. The molecule has 3 rings (SSSR count). The van der Waals surface area contributed by atoms with Crippen molar-refractivity contribution in [3.8, 4) is 11.8 Å². The van der Waals surface area contributed by atoms with Crippen LogP contribution in [0.3, 0.4) is 0 Å². The van der Waals surface area contributed by atoms with Gasteiger partial charge in [-0.15, -0.1) is 0 Å². The summed E-state index contributed by atoms with van der Waals surface area (Å²) in [5.41, 5.74) is 2.99. The van der Waals surface area contributed by atoms with Crippen molar-refractivity contribution in [1.29, 1.82) is 5.26 Å². The van der Waals surface area contributed by atoms with Crippen LogP contribution in [0, 0.1) is 18.3 Å². The van der Waals surface area contributed by atoms with E-state index in [-0.39, 0.29) is 5.91 Å². The van der Waals surface area contributed by atoms with Crippen molar-refractivity contribution in [2.75, 3.05) is 5.32 Å². The largest absolute Gasteiger partial charge is 0.481 e. The minimum absolute atomic E-state index is 0.258. The summed E-state index contributed by atoms with van der Waals surface area (Å²) in [6.45, 7) is 3.62. The molecule has 0 bridgehead atoms. The third-order valence-corrected chi connectivity index (χ3v) is 3.68. The van der Waals surface area contributed by atoms with Crippen LogP contribution < -0.4 is 10.1 Å². The number of carbonyl (C=O) groups excluding carboxylic acids is 1. The van der Waals surface area contributed by atoms with E-state index in [1.807, 2.05) is 31.2 Å². The van der Waals surface area contributed by atoms with Gasteiger partial charge in [0.1, 0.15) is 5.75 Å². The molecule has 120 valence electrons. The molecule has 1 aromatic heterocycles. The highest BCUT2D eigenvalue weighted by molar-refractivity contribution is 5.96. The Balaban J connectivity index is 1.67. The molecule has 0 radical (unpaired) electrons. The number of hydrogen-bond acceptors (Lipinski definition) is 4. The molecule has 1 atom stereocenters. The first-order chi connectivity index (χ1) is 11.6. The average molecular weight is 320 g/mol. The zero-order valence-electron chi connectivity index (χ0n) is 13.3. The Morgan fingerprint density at radius 1 is 1.29 bits per heavy atom. The van der Waals surface area contributed by atoms with Crippen molar-refractivity contribution < 1.29 is 9.53 Å². The lowest BCUT2D eigenvalue weighted by Gasteiger charge is -2.14. The van der Waals surface area contributed by atoms with Gasteiger partial charge in [0.2, 0.25) is 0 Å². The minimum atomic E-state index is -0.672.